The van der Waals surface area contributed by atoms with Crippen LogP contribution in [0.4, 0.5) is 5.69 Å². The van der Waals surface area contributed by atoms with E-state index in [0.29, 0.717) is 12.1 Å². The highest BCUT2D eigenvalue weighted by Gasteiger charge is 2.19. The van der Waals surface area contributed by atoms with Crippen LogP contribution in [0.5, 0.6) is 0 Å². The van der Waals surface area contributed by atoms with E-state index >= 15 is 0 Å². The Bertz CT molecular complexity index is 410. The average Bonchev–Trinajstić information content (AvgIpc) is 2.89. The van der Waals surface area contributed by atoms with Gasteiger partial charge < -0.3 is 10.2 Å². The zero-order chi connectivity index (χ0) is 13.0. The second-order valence-electron chi connectivity index (χ2n) is 5.20. The molecule has 1 aliphatic rings. The van der Waals surface area contributed by atoms with Crippen molar-refractivity contribution >= 4 is 5.69 Å². The van der Waals surface area contributed by atoms with Gasteiger partial charge in [-0.15, -0.1) is 0 Å². The summed E-state index contributed by atoms with van der Waals surface area (Å²) < 4.78 is 0. The summed E-state index contributed by atoms with van der Waals surface area (Å²) in [5, 5.41) is 12.4. The van der Waals surface area contributed by atoms with E-state index in [1.54, 1.807) is 0 Å². The zero-order valence-corrected chi connectivity index (χ0v) is 11.2. The van der Waals surface area contributed by atoms with Crippen molar-refractivity contribution in [2.75, 3.05) is 18.0 Å². The Labute approximate surface area is 109 Å². The van der Waals surface area contributed by atoms with Crippen molar-refractivity contribution in [1.29, 1.82) is 5.26 Å². The molecule has 1 aromatic carbocycles. The van der Waals surface area contributed by atoms with E-state index in [9.17, 15) is 0 Å². The Hall–Kier alpha value is -1.53. The van der Waals surface area contributed by atoms with Crippen LogP contribution < -0.4 is 10.2 Å². The van der Waals surface area contributed by atoms with Crippen molar-refractivity contribution in [3.05, 3.63) is 29.8 Å². The first-order valence-corrected chi connectivity index (χ1v) is 6.71. The Morgan fingerprint density at radius 1 is 1.39 bits per heavy atom. The van der Waals surface area contributed by atoms with Gasteiger partial charge in [0.1, 0.15) is 0 Å². The van der Waals surface area contributed by atoms with Gasteiger partial charge in [-0.05, 0) is 57.5 Å². The Morgan fingerprint density at radius 3 is 2.61 bits per heavy atom. The van der Waals surface area contributed by atoms with Gasteiger partial charge in [0.05, 0.1) is 11.6 Å². The van der Waals surface area contributed by atoms with Crippen LogP contribution in [-0.2, 0) is 0 Å². The largest absolute Gasteiger partial charge is 0.368 e. The molecule has 1 unspecified atom stereocenters. The van der Waals surface area contributed by atoms with Crippen LogP contribution in [-0.4, -0.2) is 25.2 Å². The highest BCUT2D eigenvalue weighted by atomic mass is 15.2. The lowest BCUT2D eigenvalue weighted by atomic mass is 10.1. The summed E-state index contributed by atoms with van der Waals surface area (Å²) in [5.74, 6) is 0. The van der Waals surface area contributed by atoms with Crippen LogP contribution in [0.1, 0.15) is 32.3 Å². The summed E-state index contributed by atoms with van der Waals surface area (Å²) in [6, 6.07) is 11.1. The van der Waals surface area contributed by atoms with Crippen LogP contribution in [0.3, 0.4) is 0 Å². The van der Waals surface area contributed by atoms with E-state index in [1.165, 1.54) is 18.5 Å². The molecule has 1 N–H and O–H groups in total. The van der Waals surface area contributed by atoms with Gasteiger partial charge in [-0.1, -0.05) is 0 Å². The molecule has 1 fully saturated rings. The molecule has 2 rings (SSSR count). The van der Waals surface area contributed by atoms with Crippen molar-refractivity contribution < 1.29 is 0 Å². The van der Waals surface area contributed by atoms with E-state index in [-0.39, 0.29) is 0 Å². The van der Waals surface area contributed by atoms with Gasteiger partial charge in [-0.2, -0.15) is 5.26 Å². The summed E-state index contributed by atoms with van der Waals surface area (Å²) in [6.45, 7) is 6.62. The Morgan fingerprint density at radius 2 is 2.11 bits per heavy atom. The normalized spacial score (nSPS) is 18.9. The smallest absolute Gasteiger partial charge is 0.0991 e. The fraction of sp³-hybridized carbons (Fsp3) is 0.533. The third-order valence-electron chi connectivity index (χ3n) is 3.53. The quantitative estimate of drug-likeness (QED) is 0.883. The highest BCUT2D eigenvalue weighted by Crippen LogP contribution is 2.20. The molecule has 0 aliphatic carbocycles. The van der Waals surface area contributed by atoms with Gasteiger partial charge in [0.25, 0.3) is 0 Å². The molecule has 3 heteroatoms. The minimum atomic E-state index is 0.473. The van der Waals surface area contributed by atoms with Crippen LogP contribution >= 0.6 is 0 Å². The topological polar surface area (TPSA) is 39.1 Å². The Balaban J connectivity index is 2.10. The summed E-state index contributed by atoms with van der Waals surface area (Å²) in [7, 11) is 0. The van der Waals surface area contributed by atoms with E-state index in [4.69, 9.17) is 5.26 Å². The fourth-order valence-electron chi connectivity index (χ4n) is 2.49. The molecule has 0 spiro atoms. The monoisotopic (exact) mass is 243 g/mol. The molecule has 0 aromatic heterocycles. The fourth-order valence-corrected chi connectivity index (χ4v) is 2.49. The SMILES string of the molecule is CC(C)N(CC1CCCN1)c1ccc(C#N)cc1. The predicted molar refractivity (Wildman–Crippen MR) is 74.7 cm³/mol. The number of hydrogen-bond acceptors (Lipinski definition) is 3. The van der Waals surface area contributed by atoms with Gasteiger partial charge in [-0.25, -0.2) is 0 Å². The van der Waals surface area contributed by atoms with Gasteiger partial charge >= 0.3 is 0 Å². The van der Waals surface area contributed by atoms with Gasteiger partial charge in [0.15, 0.2) is 0 Å². The predicted octanol–water partition coefficient (Wildman–Crippen LogP) is 2.53. The molecule has 96 valence electrons. The number of anilines is 1. The second kappa shape index (κ2) is 5.88. The molecular formula is C15H21N3. The lowest BCUT2D eigenvalue weighted by molar-refractivity contribution is 0.553. The van der Waals surface area contributed by atoms with E-state index in [2.05, 4.69) is 30.1 Å². The second-order valence-corrected chi connectivity index (χ2v) is 5.20. The molecule has 18 heavy (non-hydrogen) atoms. The van der Waals surface area contributed by atoms with Gasteiger partial charge in [-0.3, -0.25) is 0 Å². The molecule has 1 aromatic rings. The van der Waals surface area contributed by atoms with Gasteiger partial charge in [0, 0.05) is 24.3 Å². The summed E-state index contributed by atoms with van der Waals surface area (Å²) >= 11 is 0. The van der Waals surface area contributed by atoms with Crippen LogP contribution in [0.15, 0.2) is 24.3 Å². The molecular weight excluding hydrogens is 222 g/mol. The maximum atomic E-state index is 8.83. The molecule has 0 saturated carbocycles. The lowest BCUT2D eigenvalue weighted by Crippen LogP contribution is -2.41. The Kier molecular flexibility index (Phi) is 4.22. The number of benzene rings is 1. The van der Waals surface area contributed by atoms with E-state index < -0.39 is 0 Å². The lowest BCUT2D eigenvalue weighted by Gasteiger charge is -2.31. The van der Waals surface area contributed by atoms with Crippen molar-refractivity contribution in [3.63, 3.8) is 0 Å². The first-order chi connectivity index (χ1) is 8.70. The third kappa shape index (κ3) is 3.02. The number of nitriles is 1. The standard InChI is InChI=1S/C15H21N3/c1-12(2)18(11-14-4-3-9-17-14)15-7-5-13(10-16)6-8-15/h5-8,12,14,17H,3-4,9,11H2,1-2H3. The number of nitrogens with one attached hydrogen (secondary N) is 1. The maximum Gasteiger partial charge on any atom is 0.0991 e. The van der Waals surface area contributed by atoms with Crippen molar-refractivity contribution in [2.24, 2.45) is 0 Å². The third-order valence-corrected chi connectivity index (χ3v) is 3.53. The molecule has 1 atom stereocenters. The average molecular weight is 243 g/mol. The minimum Gasteiger partial charge on any atom is -0.368 e. The molecule has 3 nitrogen and oxygen atoms in total. The molecule has 1 aliphatic heterocycles. The number of rotatable bonds is 4. The summed E-state index contributed by atoms with van der Waals surface area (Å²) in [5.41, 5.74) is 1.93. The first kappa shape index (κ1) is 12.9. The van der Waals surface area contributed by atoms with Crippen LogP contribution in [0.2, 0.25) is 0 Å². The number of hydrogen-bond donors (Lipinski definition) is 1. The van der Waals surface area contributed by atoms with E-state index in [0.717, 1.165) is 18.7 Å². The molecule has 0 radical (unpaired) electrons. The summed E-state index contributed by atoms with van der Waals surface area (Å²) in [6.07, 6.45) is 2.55. The zero-order valence-electron chi connectivity index (χ0n) is 11.2. The minimum absolute atomic E-state index is 0.473. The molecule has 0 amide bonds. The van der Waals surface area contributed by atoms with Crippen molar-refractivity contribution in [2.45, 2.75) is 38.8 Å². The molecule has 1 saturated heterocycles. The van der Waals surface area contributed by atoms with Gasteiger partial charge in [0.2, 0.25) is 0 Å². The highest BCUT2D eigenvalue weighted by molar-refractivity contribution is 5.50. The van der Waals surface area contributed by atoms with Crippen LogP contribution in [0.25, 0.3) is 0 Å². The summed E-state index contributed by atoms with van der Waals surface area (Å²) in [4.78, 5) is 2.41. The number of nitrogens with zero attached hydrogens (tertiary/aromatic N) is 2. The first-order valence-electron chi connectivity index (χ1n) is 6.71. The maximum absolute atomic E-state index is 8.83. The van der Waals surface area contributed by atoms with Crippen molar-refractivity contribution in [3.8, 4) is 6.07 Å². The van der Waals surface area contributed by atoms with Crippen molar-refractivity contribution in [1.82, 2.24) is 5.32 Å². The van der Waals surface area contributed by atoms with Crippen LogP contribution in [0, 0.1) is 11.3 Å². The molecule has 1 heterocycles. The van der Waals surface area contributed by atoms with E-state index in [1.807, 2.05) is 24.3 Å². The molecule has 0 bridgehead atoms.